The first kappa shape index (κ1) is 27.2. The van der Waals surface area contributed by atoms with Gasteiger partial charge < -0.3 is 9.47 Å². The molecule has 0 saturated heterocycles. The first-order valence-corrected chi connectivity index (χ1v) is 12.3. The molecule has 4 nitrogen and oxygen atoms in total. The number of rotatable bonds is 16. The van der Waals surface area contributed by atoms with Gasteiger partial charge in [0.1, 0.15) is 0 Å². The second kappa shape index (κ2) is 15.9. The summed E-state index contributed by atoms with van der Waals surface area (Å²) >= 11 is 0. The number of unbranched alkanes of at least 4 members (excludes halogenated alkanes) is 9. The zero-order valence-corrected chi connectivity index (χ0v) is 20.3. The second-order valence-electron chi connectivity index (χ2n) is 9.74. The number of esters is 2. The summed E-state index contributed by atoms with van der Waals surface area (Å²) in [6.45, 7) is 8.91. The summed E-state index contributed by atoms with van der Waals surface area (Å²) in [5.41, 5.74) is 0.331. The molecule has 176 valence electrons. The fourth-order valence-electron chi connectivity index (χ4n) is 3.47. The number of carbonyl (C=O) groups is 2. The number of para-hydroxylation sites is 2. The van der Waals surface area contributed by atoms with Gasteiger partial charge in [0.2, 0.25) is 0 Å². The normalized spacial score (nSPS) is 11.4. The Bertz CT molecular complexity index is 630. The van der Waals surface area contributed by atoms with Crippen molar-refractivity contribution < 1.29 is 19.1 Å². The van der Waals surface area contributed by atoms with Crippen molar-refractivity contribution in [2.75, 3.05) is 0 Å². The minimum Gasteiger partial charge on any atom is -0.423 e. The van der Waals surface area contributed by atoms with Gasteiger partial charge in [0, 0.05) is 12.8 Å². The van der Waals surface area contributed by atoms with Crippen LogP contribution in [-0.4, -0.2) is 11.9 Å². The molecule has 0 N–H and O–H groups in total. The molecule has 0 atom stereocenters. The molecule has 0 aliphatic carbocycles. The van der Waals surface area contributed by atoms with Crippen LogP contribution < -0.4 is 9.47 Å². The lowest BCUT2D eigenvalue weighted by molar-refractivity contribution is -0.137. The van der Waals surface area contributed by atoms with Crippen molar-refractivity contribution in [1.29, 1.82) is 0 Å². The molecule has 0 radical (unpaired) electrons. The third-order valence-electron chi connectivity index (χ3n) is 5.34. The summed E-state index contributed by atoms with van der Waals surface area (Å²) in [5, 5.41) is 0. The van der Waals surface area contributed by atoms with E-state index in [1.54, 1.807) is 24.3 Å². The predicted molar refractivity (Wildman–Crippen MR) is 127 cm³/mol. The van der Waals surface area contributed by atoms with Crippen molar-refractivity contribution >= 4 is 11.9 Å². The van der Waals surface area contributed by atoms with Gasteiger partial charge in [-0.3, -0.25) is 9.59 Å². The Morgan fingerprint density at radius 3 is 1.55 bits per heavy atom. The Kier molecular flexibility index (Phi) is 13.9. The molecule has 0 aliphatic rings. The van der Waals surface area contributed by atoms with Crippen LogP contribution >= 0.6 is 0 Å². The standard InChI is InChI=1S/C27H44O4/c1-5-6-7-8-9-10-11-13-20-25(28)30-23-18-15-16-19-24(23)31-26(29)21-14-12-17-22-27(2,3)4/h15-16,18-19H,5-14,17,20-22H2,1-4H3. The molecule has 31 heavy (non-hydrogen) atoms. The van der Waals surface area contributed by atoms with Crippen molar-refractivity contribution in [3.05, 3.63) is 24.3 Å². The number of hydrogen-bond donors (Lipinski definition) is 0. The summed E-state index contributed by atoms with van der Waals surface area (Å²) < 4.78 is 10.9. The van der Waals surface area contributed by atoms with Gasteiger partial charge in [-0.15, -0.1) is 0 Å². The highest BCUT2D eigenvalue weighted by atomic mass is 16.6. The largest absolute Gasteiger partial charge is 0.423 e. The highest BCUT2D eigenvalue weighted by Crippen LogP contribution is 2.28. The van der Waals surface area contributed by atoms with E-state index in [1.165, 1.54) is 38.5 Å². The molecule has 0 bridgehead atoms. The zero-order chi connectivity index (χ0) is 23.0. The van der Waals surface area contributed by atoms with Crippen molar-refractivity contribution in [3.8, 4) is 11.5 Å². The molecule has 0 unspecified atom stereocenters. The quantitative estimate of drug-likeness (QED) is 0.151. The SMILES string of the molecule is CCCCCCCCCCC(=O)Oc1ccccc1OC(=O)CCCCCC(C)(C)C. The third-order valence-corrected chi connectivity index (χ3v) is 5.34. The van der Waals surface area contributed by atoms with E-state index < -0.39 is 0 Å². The average molecular weight is 433 g/mol. The van der Waals surface area contributed by atoms with Crippen LogP contribution in [0, 0.1) is 5.41 Å². The Balaban J connectivity index is 2.29. The Morgan fingerprint density at radius 2 is 1.10 bits per heavy atom. The van der Waals surface area contributed by atoms with E-state index in [-0.39, 0.29) is 11.9 Å². The molecule has 0 aliphatic heterocycles. The zero-order valence-electron chi connectivity index (χ0n) is 20.3. The van der Waals surface area contributed by atoms with E-state index in [4.69, 9.17) is 9.47 Å². The van der Waals surface area contributed by atoms with Crippen LogP contribution in [0.2, 0.25) is 0 Å². The van der Waals surface area contributed by atoms with Crippen LogP contribution in [0.5, 0.6) is 11.5 Å². The van der Waals surface area contributed by atoms with Crippen molar-refractivity contribution in [3.63, 3.8) is 0 Å². The number of ether oxygens (including phenoxy) is 2. The Labute approximate surface area is 190 Å². The van der Waals surface area contributed by atoms with Gasteiger partial charge in [-0.1, -0.05) is 97.6 Å². The lowest BCUT2D eigenvalue weighted by Gasteiger charge is -2.17. The highest BCUT2D eigenvalue weighted by Gasteiger charge is 2.14. The smallest absolute Gasteiger partial charge is 0.311 e. The lowest BCUT2D eigenvalue weighted by atomic mass is 9.89. The fourth-order valence-corrected chi connectivity index (χ4v) is 3.47. The average Bonchev–Trinajstić information content (AvgIpc) is 2.70. The molecule has 1 aromatic rings. The maximum absolute atomic E-state index is 12.2. The molecule has 1 rings (SSSR count). The maximum atomic E-state index is 12.2. The van der Waals surface area contributed by atoms with Crippen LogP contribution in [0.25, 0.3) is 0 Å². The number of benzene rings is 1. The molecule has 4 heteroatoms. The molecular weight excluding hydrogens is 388 g/mol. The molecular formula is C27H44O4. The summed E-state index contributed by atoms with van der Waals surface area (Å²) in [6, 6.07) is 6.92. The monoisotopic (exact) mass is 432 g/mol. The molecule has 0 spiro atoms. The first-order valence-electron chi connectivity index (χ1n) is 12.3. The van der Waals surface area contributed by atoms with Gasteiger partial charge in [0.25, 0.3) is 0 Å². The van der Waals surface area contributed by atoms with Crippen molar-refractivity contribution in [1.82, 2.24) is 0 Å². The Morgan fingerprint density at radius 1 is 0.677 bits per heavy atom. The summed E-state index contributed by atoms with van der Waals surface area (Å²) in [4.78, 5) is 24.4. The number of hydrogen-bond acceptors (Lipinski definition) is 4. The van der Waals surface area contributed by atoms with Gasteiger partial charge in [-0.25, -0.2) is 0 Å². The fraction of sp³-hybridized carbons (Fsp3) is 0.704. The highest BCUT2D eigenvalue weighted by molar-refractivity contribution is 5.76. The third kappa shape index (κ3) is 14.7. The molecule has 0 saturated carbocycles. The van der Waals surface area contributed by atoms with E-state index in [2.05, 4.69) is 27.7 Å². The molecule has 1 aromatic carbocycles. The Hall–Kier alpha value is -1.84. The van der Waals surface area contributed by atoms with Gasteiger partial charge in [-0.05, 0) is 36.8 Å². The van der Waals surface area contributed by atoms with Crippen LogP contribution in [0.1, 0.15) is 118 Å². The summed E-state index contributed by atoms with van der Waals surface area (Å²) in [5.74, 6) is 0.110. The van der Waals surface area contributed by atoms with Gasteiger partial charge >= 0.3 is 11.9 Å². The predicted octanol–water partition coefficient (Wildman–Crippen LogP) is 8.02. The van der Waals surface area contributed by atoms with E-state index in [1.807, 2.05) is 0 Å². The van der Waals surface area contributed by atoms with Gasteiger partial charge in [0.15, 0.2) is 11.5 Å². The van der Waals surface area contributed by atoms with E-state index >= 15 is 0 Å². The van der Waals surface area contributed by atoms with E-state index in [0.29, 0.717) is 29.8 Å². The summed E-state index contributed by atoms with van der Waals surface area (Å²) in [6.07, 6.45) is 14.3. The van der Waals surface area contributed by atoms with Crippen LogP contribution in [0.15, 0.2) is 24.3 Å². The first-order chi connectivity index (χ1) is 14.8. The van der Waals surface area contributed by atoms with Gasteiger partial charge in [0.05, 0.1) is 0 Å². The number of carbonyl (C=O) groups excluding carboxylic acids is 2. The molecule has 0 fully saturated rings. The van der Waals surface area contributed by atoms with Crippen molar-refractivity contribution in [2.45, 2.75) is 118 Å². The molecule has 0 aromatic heterocycles. The van der Waals surface area contributed by atoms with E-state index in [9.17, 15) is 9.59 Å². The maximum Gasteiger partial charge on any atom is 0.311 e. The topological polar surface area (TPSA) is 52.6 Å². The van der Waals surface area contributed by atoms with Crippen LogP contribution in [0.4, 0.5) is 0 Å². The van der Waals surface area contributed by atoms with Crippen LogP contribution in [0.3, 0.4) is 0 Å². The van der Waals surface area contributed by atoms with E-state index in [0.717, 1.165) is 38.5 Å². The van der Waals surface area contributed by atoms with Crippen LogP contribution in [-0.2, 0) is 9.59 Å². The molecule has 0 amide bonds. The van der Waals surface area contributed by atoms with Gasteiger partial charge in [-0.2, -0.15) is 0 Å². The minimum atomic E-state index is -0.276. The minimum absolute atomic E-state index is 0.267. The second-order valence-corrected chi connectivity index (χ2v) is 9.74. The van der Waals surface area contributed by atoms with Crippen molar-refractivity contribution in [2.24, 2.45) is 5.41 Å². The summed E-state index contributed by atoms with van der Waals surface area (Å²) in [7, 11) is 0. The lowest BCUT2D eigenvalue weighted by Crippen LogP contribution is -2.12. The molecule has 0 heterocycles.